The van der Waals surface area contributed by atoms with Crippen LogP contribution in [0.3, 0.4) is 0 Å². The molecule has 0 radical (unpaired) electrons. The van der Waals surface area contributed by atoms with E-state index < -0.39 is 0 Å². The first-order chi connectivity index (χ1) is 7.29. The van der Waals surface area contributed by atoms with Crippen LogP contribution in [-0.4, -0.2) is 20.3 Å². The Morgan fingerprint density at radius 3 is 2.60 bits per heavy atom. The second-order valence-corrected chi connectivity index (χ2v) is 2.86. The largest absolute Gasteiger partial charge is 0.508 e. The minimum Gasteiger partial charge on any atom is -0.508 e. The van der Waals surface area contributed by atoms with Gasteiger partial charge >= 0.3 is 0 Å². The van der Waals surface area contributed by atoms with Crippen molar-refractivity contribution in [2.45, 2.75) is 0 Å². The molecule has 0 atom stereocenters. The van der Waals surface area contributed by atoms with Gasteiger partial charge in [0.1, 0.15) is 5.75 Å². The molecule has 4 N–H and O–H groups in total. The van der Waals surface area contributed by atoms with Crippen LogP contribution in [0.4, 0.5) is 5.95 Å². The number of nitrogens with zero attached hydrogens (tertiary/aromatic N) is 3. The first-order valence-corrected chi connectivity index (χ1v) is 4.25. The average Bonchev–Trinajstić information content (AvgIpc) is 2.30. The van der Waals surface area contributed by atoms with Crippen molar-refractivity contribution < 1.29 is 5.11 Å². The van der Waals surface area contributed by atoms with E-state index in [1.807, 2.05) is 0 Å². The van der Waals surface area contributed by atoms with Crippen molar-refractivity contribution in [3.8, 4) is 17.0 Å². The van der Waals surface area contributed by atoms with Gasteiger partial charge in [-0.15, -0.1) is 5.10 Å². The molecule has 1 aromatic carbocycles. The summed E-state index contributed by atoms with van der Waals surface area (Å²) in [4.78, 5) is 4.10. The predicted molar refractivity (Wildman–Crippen MR) is 54.7 cm³/mol. The fourth-order valence-corrected chi connectivity index (χ4v) is 1.14. The summed E-state index contributed by atoms with van der Waals surface area (Å²) in [6.07, 6.45) is 1.52. The van der Waals surface area contributed by atoms with Crippen LogP contribution in [0.5, 0.6) is 5.75 Å². The third-order valence-electron chi connectivity index (χ3n) is 1.85. The summed E-state index contributed by atoms with van der Waals surface area (Å²) >= 11 is 0. The third-order valence-corrected chi connectivity index (χ3v) is 1.85. The summed E-state index contributed by atoms with van der Waals surface area (Å²) in [6.45, 7) is 0. The lowest BCUT2D eigenvalue weighted by atomic mass is 10.1. The maximum absolute atomic E-state index is 9.12. The summed E-state index contributed by atoms with van der Waals surface area (Å²) < 4.78 is 0. The molecule has 0 spiro atoms. The molecule has 76 valence electrons. The van der Waals surface area contributed by atoms with Crippen molar-refractivity contribution in [1.29, 1.82) is 0 Å². The first kappa shape index (κ1) is 9.35. The van der Waals surface area contributed by atoms with E-state index in [1.165, 1.54) is 6.20 Å². The SMILES string of the molecule is NNc1nncc(-c2ccc(O)cc2)n1. The number of benzene rings is 1. The zero-order chi connectivity index (χ0) is 10.7. The van der Waals surface area contributed by atoms with Crippen molar-refractivity contribution in [3.05, 3.63) is 30.5 Å². The van der Waals surface area contributed by atoms with Crippen LogP contribution < -0.4 is 11.3 Å². The van der Waals surface area contributed by atoms with Crippen LogP contribution in [0.1, 0.15) is 0 Å². The number of nitrogens with two attached hydrogens (primary N) is 1. The van der Waals surface area contributed by atoms with Crippen LogP contribution in [0.25, 0.3) is 11.3 Å². The Bertz CT molecular complexity index is 456. The van der Waals surface area contributed by atoms with Crippen molar-refractivity contribution in [3.63, 3.8) is 0 Å². The van der Waals surface area contributed by atoms with E-state index >= 15 is 0 Å². The predicted octanol–water partition coefficient (Wildman–Crippen LogP) is 0.530. The fourth-order valence-electron chi connectivity index (χ4n) is 1.14. The molecule has 0 aliphatic heterocycles. The summed E-state index contributed by atoms with van der Waals surface area (Å²) in [6, 6.07) is 6.62. The highest BCUT2D eigenvalue weighted by atomic mass is 16.3. The zero-order valence-corrected chi connectivity index (χ0v) is 7.75. The molecule has 6 heteroatoms. The van der Waals surface area contributed by atoms with E-state index in [-0.39, 0.29) is 11.7 Å². The molecule has 15 heavy (non-hydrogen) atoms. The van der Waals surface area contributed by atoms with Crippen molar-refractivity contribution in [2.24, 2.45) is 5.84 Å². The smallest absolute Gasteiger partial charge is 0.257 e. The number of nitrogen functional groups attached to an aromatic ring is 1. The number of aromatic nitrogens is 3. The van der Waals surface area contributed by atoms with Gasteiger partial charge in [0.05, 0.1) is 11.9 Å². The summed E-state index contributed by atoms with van der Waals surface area (Å²) in [7, 11) is 0. The van der Waals surface area contributed by atoms with Crippen molar-refractivity contribution >= 4 is 5.95 Å². The Morgan fingerprint density at radius 2 is 1.93 bits per heavy atom. The number of hydrogen-bond acceptors (Lipinski definition) is 6. The summed E-state index contributed by atoms with van der Waals surface area (Å²) in [5.41, 5.74) is 3.78. The number of nitrogens with one attached hydrogen (secondary N) is 1. The zero-order valence-electron chi connectivity index (χ0n) is 7.75. The maximum Gasteiger partial charge on any atom is 0.257 e. The highest BCUT2D eigenvalue weighted by molar-refractivity contribution is 5.59. The number of aromatic hydroxyl groups is 1. The molecule has 0 bridgehead atoms. The Balaban J connectivity index is 2.40. The van der Waals surface area contributed by atoms with Crippen LogP contribution in [-0.2, 0) is 0 Å². The molecule has 6 nitrogen and oxygen atoms in total. The van der Waals surface area contributed by atoms with Gasteiger partial charge in [-0.25, -0.2) is 10.8 Å². The van der Waals surface area contributed by atoms with Gasteiger partial charge in [0.15, 0.2) is 0 Å². The van der Waals surface area contributed by atoms with E-state index in [0.717, 1.165) is 5.56 Å². The molecule has 0 saturated heterocycles. The van der Waals surface area contributed by atoms with E-state index in [0.29, 0.717) is 5.69 Å². The third kappa shape index (κ3) is 2.00. The number of hydrogen-bond donors (Lipinski definition) is 3. The molecular formula is C9H9N5O. The van der Waals surface area contributed by atoms with E-state index in [2.05, 4.69) is 20.6 Å². The van der Waals surface area contributed by atoms with Gasteiger partial charge in [-0.05, 0) is 24.3 Å². The molecule has 0 fully saturated rings. The average molecular weight is 203 g/mol. The Hall–Kier alpha value is -2.21. The molecular weight excluding hydrogens is 194 g/mol. The molecule has 0 unspecified atom stereocenters. The van der Waals surface area contributed by atoms with E-state index in [9.17, 15) is 0 Å². The van der Waals surface area contributed by atoms with Gasteiger partial charge in [0.25, 0.3) is 5.95 Å². The van der Waals surface area contributed by atoms with Crippen LogP contribution in [0.15, 0.2) is 30.5 Å². The molecule has 1 aromatic heterocycles. The molecule has 1 heterocycles. The molecule has 0 saturated carbocycles. The van der Waals surface area contributed by atoms with Crippen molar-refractivity contribution in [2.75, 3.05) is 5.43 Å². The Morgan fingerprint density at radius 1 is 1.20 bits per heavy atom. The van der Waals surface area contributed by atoms with Crippen LogP contribution >= 0.6 is 0 Å². The lowest BCUT2D eigenvalue weighted by Gasteiger charge is -2.01. The topological polar surface area (TPSA) is 97.0 Å². The summed E-state index contributed by atoms with van der Waals surface area (Å²) in [5.74, 6) is 5.62. The number of phenols is 1. The lowest BCUT2D eigenvalue weighted by molar-refractivity contribution is 0.475. The summed E-state index contributed by atoms with van der Waals surface area (Å²) in [5, 5.41) is 16.5. The van der Waals surface area contributed by atoms with Gasteiger partial charge in [-0.2, -0.15) is 5.10 Å². The molecule has 2 rings (SSSR count). The number of rotatable bonds is 2. The van der Waals surface area contributed by atoms with Gasteiger partial charge in [0, 0.05) is 5.56 Å². The monoisotopic (exact) mass is 203 g/mol. The molecule has 0 aliphatic rings. The Kier molecular flexibility index (Phi) is 2.42. The van der Waals surface area contributed by atoms with Crippen LogP contribution in [0, 0.1) is 0 Å². The Labute approximate surface area is 85.8 Å². The number of anilines is 1. The first-order valence-electron chi connectivity index (χ1n) is 4.25. The highest BCUT2D eigenvalue weighted by Crippen LogP contribution is 2.19. The van der Waals surface area contributed by atoms with E-state index in [1.54, 1.807) is 24.3 Å². The van der Waals surface area contributed by atoms with Crippen molar-refractivity contribution in [1.82, 2.24) is 15.2 Å². The highest BCUT2D eigenvalue weighted by Gasteiger charge is 2.01. The number of hydrazine groups is 1. The molecule has 0 aliphatic carbocycles. The van der Waals surface area contributed by atoms with Gasteiger partial charge < -0.3 is 5.11 Å². The second kappa shape index (κ2) is 3.89. The minimum absolute atomic E-state index is 0.206. The van der Waals surface area contributed by atoms with Gasteiger partial charge in [-0.1, -0.05) is 0 Å². The number of phenolic OH excluding ortho intramolecular Hbond substituents is 1. The lowest BCUT2D eigenvalue weighted by Crippen LogP contribution is -2.11. The quantitative estimate of drug-likeness (QED) is 0.486. The maximum atomic E-state index is 9.12. The fraction of sp³-hybridized carbons (Fsp3) is 0. The van der Waals surface area contributed by atoms with Crippen LogP contribution in [0.2, 0.25) is 0 Å². The standard InChI is InChI=1S/C9H9N5O/c10-13-9-12-8(5-11-14-9)6-1-3-7(15)4-2-6/h1-5,15H,10H2,(H,12,13,14). The molecule has 0 amide bonds. The van der Waals surface area contributed by atoms with Gasteiger partial charge in [0.2, 0.25) is 0 Å². The van der Waals surface area contributed by atoms with Gasteiger partial charge in [-0.3, -0.25) is 5.43 Å². The normalized spacial score (nSPS) is 9.93. The van der Waals surface area contributed by atoms with E-state index in [4.69, 9.17) is 10.9 Å². The molecule has 2 aromatic rings. The second-order valence-electron chi connectivity index (χ2n) is 2.86. The minimum atomic E-state index is 0.206.